The van der Waals surface area contributed by atoms with Crippen molar-refractivity contribution in [3.05, 3.63) is 29.1 Å². The lowest BCUT2D eigenvalue weighted by atomic mass is 10.0. The molecule has 1 aromatic rings. The maximum absolute atomic E-state index is 14.1. The zero-order valence-electron chi connectivity index (χ0n) is 11.6. The minimum Gasteiger partial charge on any atom is -0.496 e. The summed E-state index contributed by atoms with van der Waals surface area (Å²) in [6.45, 7) is 2.38. The molecule has 0 aliphatic carbocycles. The highest BCUT2D eigenvalue weighted by Gasteiger charge is 2.33. The Labute approximate surface area is 118 Å². The number of ether oxygens (including phenoxy) is 2. The first-order valence-electron chi connectivity index (χ1n) is 6.70. The third kappa shape index (κ3) is 2.93. The van der Waals surface area contributed by atoms with Crippen molar-refractivity contribution in [1.29, 1.82) is 0 Å². The van der Waals surface area contributed by atoms with E-state index in [4.69, 9.17) is 20.3 Å². The number of aliphatic hydroxyl groups excluding tert-OH is 1. The van der Waals surface area contributed by atoms with Crippen molar-refractivity contribution in [2.24, 2.45) is 5.73 Å². The topological polar surface area (TPSA) is 68.0 Å². The van der Waals surface area contributed by atoms with Gasteiger partial charge in [-0.2, -0.15) is 0 Å². The summed E-state index contributed by atoms with van der Waals surface area (Å²) >= 11 is 0. The molecule has 1 heterocycles. The third-order valence-corrected chi connectivity index (χ3v) is 3.60. The van der Waals surface area contributed by atoms with Gasteiger partial charge in [0.25, 0.3) is 0 Å². The molecule has 1 unspecified atom stereocenters. The van der Waals surface area contributed by atoms with Gasteiger partial charge in [-0.1, -0.05) is 0 Å². The zero-order chi connectivity index (χ0) is 14.5. The molecular formula is C14H21FN2O3. The highest BCUT2D eigenvalue weighted by Crippen LogP contribution is 2.39. The Balaban J connectivity index is 2.14. The van der Waals surface area contributed by atoms with E-state index in [9.17, 15) is 4.39 Å². The van der Waals surface area contributed by atoms with Gasteiger partial charge in [-0.25, -0.2) is 4.39 Å². The van der Waals surface area contributed by atoms with Gasteiger partial charge < -0.3 is 20.3 Å². The minimum atomic E-state index is -0.241. The van der Waals surface area contributed by atoms with E-state index in [2.05, 4.69) is 4.90 Å². The Hall–Kier alpha value is -1.21. The van der Waals surface area contributed by atoms with Crippen LogP contribution in [0.4, 0.5) is 4.39 Å². The maximum atomic E-state index is 14.1. The number of nitrogens with two attached hydrogens (primary N) is 1. The van der Waals surface area contributed by atoms with Crippen LogP contribution in [0.2, 0.25) is 0 Å². The molecule has 0 saturated heterocycles. The van der Waals surface area contributed by atoms with Crippen LogP contribution in [0.1, 0.15) is 17.2 Å². The molecule has 0 bridgehead atoms. The Morgan fingerprint density at radius 2 is 2.25 bits per heavy atom. The molecule has 5 nitrogen and oxygen atoms in total. The summed E-state index contributed by atoms with van der Waals surface area (Å²) in [7, 11) is 1.58. The van der Waals surface area contributed by atoms with Gasteiger partial charge in [0.15, 0.2) is 0 Å². The summed E-state index contributed by atoms with van der Waals surface area (Å²) in [5.74, 6) is 0.452. The summed E-state index contributed by atoms with van der Waals surface area (Å²) in [6, 6.07) is 2.91. The fourth-order valence-electron chi connectivity index (χ4n) is 2.68. The fraction of sp³-hybridized carbons (Fsp3) is 0.571. The zero-order valence-corrected chi connectivity index (χ0v) is 11.6. The van der Waals surface area contributed by atoms with Crippen molar-refractivity contribution in [3.8, 4) is 5.75 Å². The Morgan fingerprint density at radius 1 is 1.45 bits per heavy atom. The predicted molar refractivity (Wildman–Crippen MR) is 73.1 cm³/mol. The molecule has 0 amide bonds. The first-order valence-corrected chi connectivity index (χ1v) is 6.70. The SMILES string of the molecule is COc1ccc(F)c2c1CN(CCOCCO)C2CN. The van der Waals surface area contributed by atoms with E-state index in [1.807, 2.05) is 0 Å². The van der Waals surface area contributed by atoms with E-state index in [0.717, 1.165) is 5.56 Å². The van der Waals surface area contributed by atoms with Crippen LogP contribution in [0.3, 0.4) is 0 Å². The van der Waals surface area contributed by atoms with Crippen LogP contribution in [0.25, 0.3) is 0 Å². The minimum absolute atomic E-state index is 0.00297. The quantitative estimate of drug-likeness (QED) is 0.720. The molecule has 0 aromatic heterocycles. The third-order valence-electron chi connectivity index (χ3n) is 3.60. The van der Waals surface area contributed by atoms with Gasteiger partial charge in [0.05, 0.1) is 33.0 Å². The van der Waals surface area contributed by atoms with Crippen molar-refractivity contribution in [1.82, 2.24) is 4.90 Å². The summed E-state index contributed by atoms with van der Waals surface area (Å²) < 4.78 is 24.6. The van der Waals surface area contributed by atoms with Gasteiger partial charge in [0, 0.05) is 30.8 Å². The highest BCUT2D eigenvalue weighted by molar-refractivity contribution is 5.45. The summed E-state index contributed by atoms with van der Waals surface area (Å²) in [4.78, 5) is 2.08. The first-order chi connectivity index (χ1) is 9.72. The molecule has 1 atom stereocenters. The predicted octanol–water partition coefficient (Wildman–Crippen LogP) is 0.659. The van der Waals surface area contributed by atoms with Gasteiger partial charge in [-0.3, -0.25) is 4.90 Å². The lowest BCUT2D eigenvalue weighted by Crippen LogP contribution is -2.31. The molecule has 0 saturated carbocycles. The molecule has 0 fully saturated rings. The molecule has 3 N–H and O–H groups in total. The summed E-state index contributed by atoms with van der Waals surface area (Å²) in [6.07, 6.45) is 0. The van der Waals surface area contributed by atoms with Crippen molar-refractivity contribution >= 4 is 0 Å². The number of nitrogens with zero attached hydrogens (tertiary/aromatic N) is 1. The lowest BCUT2D eigenvalue weighted by molar-refractivity contribution is 0.0654. The first kappa shape index (κ1) is 15.2. The van der Waals surface area contributed by atoms with Crippen molar-refractivity contribution in [2.45, 2.75) is 12.6 Å². The van der Waals surface area contributed by atoms with E-state index in [1.165, 1.54) is 6.07 Å². The van der Waals surface area contributed by atoms with Gasteiger partial charge in [-0.15, -0.1) is 0 Å². The number of methoxy groups -OCH3 is 1. The normalized spacial score (nSPS) is 18.3. The number of hydrogen-bond donors (Lipinski definition) is 2. The van der Waals surface area contributed by atoms with Crippen LogP contribution in [-0.2, 0) is 11.3 Å². The molecule has 0 spiro atoms. The van der Waals surface area contributed by atoms with Crippen LogP contribution < -0.4 is 10.5 Å². The van der Waals surface area contributed by atoms with Gasteiger partial charge in [-0.05, 0) is 12.1 Å². The maximum Gasteiger partial charge on any atom is 0.128 e. The van der Waals surface area contributed by atoms with Crippen molar-refractivity contribution < 1.29 is 19.0 Å². The van der Waals surface area contributed by atoms with E-state index in [1.54, 1.807) is 13.2 Å². The second-order valence-corrected chi connectivity index (χ2v) is 4.70. The number of benzene rings is 1. The van der Waals surface area contributed by atoms with Gasteiger partial charge in [0.1, 0.15) is 11.6 Å². The van der Waals surface area contributed by atoms with Crippen LogP contribution >= 0.6 is 0 Å². The van der Waals surface area contributed by atoms with E-state index in [0.29, 0.717) is 44.2 Å². The molecule has 6 heteroatoms. The summed E-state index contributed by atoms with van der Waals surface area (Å²) in [5, 5.41) is 8.68. The van der Waals surface area contributed by atoms with Crippen LogP contribution in [0.15, 0.2) is 12.1 Å². The van der Waals surface area contributed by atoms with E-state index >= 15 is 0 Å². The van der Waals surface area contributed by atoms with Gasteiger partial charge >= 0.3 is 0 Å². The Morgan fingerprint density at radius 3 is 2.90 bits per heavy atom. The monoisotopic (exact) mass is 284 g/mol. The molecule has 0 radical (unpaired) electrons. The smallest absolute Gasteiger partial charge is 0.128 e. The van der Waals surface area contributed by atoms with Crippen molar-refractivity contribution in [3.63, 3.8) is 0 Å². The van der Waals surface area contributed by atoms with E-state index in [-0.39, 0.29) is 18.5 Å². The molecular weight excluding hydrogens is 263 g/mol. The molecule has 1 aliphatic heterocycles. The molecule has 1 aliphatic rings. The number of fused-ring (bicyclic) bond motifs is 1. The standard InChI is InChI=1S/C14H21FN2O3/c1-19-13-3-2-11(15)14-10(13)9-17(12(14)8-16)4-6-20-7-5-18/h2-3,12,18H,4-9,16H2,1H3. The molecule has 2 rings (SSSR count). The van der Waals surface area contributed by atoms with E-state index < -0.39 is 0 Å². The van der Waals surface area contributed by atoms with Crippen molar-refractivity contribution in [2.75, 3.05) is 40.0 Å². The second-order valence-electron chi connectivity index (χ2n) is 4.70. The summed E-state index contributed by atoms with van der Waals surface area (Å²) in [5.41, 5.74) is 7.30. The number of halogens is 1. The molecule has 112 valence electrons. The van der Waals surface area contributed by atoms with Crippen LogP contribution in [-0.4, -0.2) is 50.0 Å². The largest absolute Gasteiger partial charge is 0.496 e. The van der Waals surface area contributed by atoms with Crippen LogP contribution in [0, 0.1) is 5.82 Å². The lowest BCUT2D eigenvalue weighted by Gasteiger charge is -2.23. The Kier molecular flexibility index (Phi) is 5.31. The number of hydrogen-bond acceptors (Lipinski definition) is 5. The molecule has 1 aromatic carbocycles. The second kappa shape index (κ2) is 6.99. The number of rotatable bonds is 7. The Bertz CT molecular complexity index is 456. The molecule has 20 heavy (non-hydrogen) atoms. The average Bonchev–Trinajstić information content (AvgIpc) is 2.83. The average molecular weight is 284 g/mol. The van der Waals surface area contributed by atoms with Gasteiger partial charge in [0.2, 0.25) is 0 Å². The number of aliphatic hydroxyl groups is 1. The van der Waals surface area contributed by atoms with Crippen LogP contribution in [0.5, 0.6) is 5.75 Å². The highest BCUT2D eigenvalue weighted by atomic mass is 19.1. The fourth-order valence-corrected chi connectivity index (χ4v) is 2.68.